The molecule has 0 saturated carbocycles. The van der Waals surface area contributed by atoms with E-state index in [1.165, 1.54) is 25.1 Å². The lowest BCUT2D eigenvalue weighted by Crippen LogP contribution is -2.22. The van der Waals surface area contributed by atoms with E-state index in [1.54, 1.807) is 6.07 Å². The summed E-state index contributed by atoms with van der Waals surface area (Å²) in [6, 6.07) is 19.4. The van der Waals surface area contributed by atoms with E-state index in [0.29, 0.717) is 24.5 Å². The van der Waals surface area contributed by atoms with Crippen molar-refractivity contribution in [2.24, 2.45) is 10.2 Å². The van der Waals surface area contributed by atoms with Crippen molar-refractivity contribution in [3.8, 4) is 0 Å². The number of azo groups is 1. The highest BCUT2D eigenvalue weighted by molar-refractivity contribution is 6.33. The van der Waals surface area contributed by atoms with Crippen LogP contribution >= 0.6 is 11.6 Å². The van der Waals surface area contributed by atoms with Crippen LogP contribution in [0.1, 0.15) is 12.5 Å². The van der Waals surface area contributed by atoms with E-state index in [0.717, 1.165) is 11.3 Å². The third-order valence-electron chi connectivity index (χ3n) is 4.63. The van der Waals surface area contributed by atoms with Crippen LogP contribution in [0, 0.1) is 10.1 Å². The average Bonchev–Trinajstić information content (AvgIpc) is 2.79. The van der Waals surface area contributed by atoms with Crippen LogP contribution in [-0.2, 0) is 11.3 Å². The van der Waals surface area contributed by atoms with Gasteiger partial charge in [-0.2, -0.15) is 0 Å². The highest BCUT2D eigenvalue weighted by Gasteiger charge is 2.12. The summed E-state index contributed by atoms with van der Waals surface area (Å²) < 4.78 is 0. The Balaban J connectivity index is 1.92. The zero-order chi connectivity index (χ0) is 23.8. The molecule has 168 valence electrons. The molecule has 0 unspecified atom stereocenters. The number of rotatable bonds is 9. The Bertz CT molecular complexity index is 1200. The van der Waals surface area contributed by atoms with Gasteiger partial charge in [-0.1, -0.05) is 48.0 Å². The summed E-state index contributed by atoms with van der Waals surface area (Å²) in [5, 5.41) is 22.1. The van der Waals surface area contributed by atoms with Gasteiger partial charge in [0.15, 0.2) is 0 Å². The molecule has 0 spiro atoms. The summed E-state index contributed by atoms with van der Waals surface area (Å²) in [5.41, 5.74) is 3.04. The lowest BCUT2D eigenvalue weighted by atomic mass is 10.1. The van der Waals surface area contributed by atoms with Crippen LogP contribution in [0.2, 0.25) is 5.02 Å². The van der Waals surface area contributed by atoms with Crippen molar-refractivity contribution in [1.29, 1.82) is 0 Å². The number of nitrogens with zero attached hydrogens (tertiary/aromatic N) is 4. The third-order valence-corrected chi connectivity index (χ3v) is 4.93. The number of nitro groups is 1. The van der Waals surface area contributed by atoms with E-state index >= 15 is 0 Å². The summed E-state index contributed by atoms with van der Waals surface area (Å²) in [6.45, 7) is 6.52. The van der Waals surface area contributed by atoms with Crippen LogP contribution in [-0.4, -0.2) is 17.4 Å². The zero-order valence-corrected chi connectivity index (χ0v) is 18.7. The van der Waals surface area contributed by atoms with Crippen molar-refractivity contribution in [2.45, 2.75) is 13.5 Å². The van der Waals surface area contributed by atoms with E-state index < -0.39 is 4.92 Å². The Morgan fingerprint density at radius 2 is 1.82 bits per heavy atom. The number of non-ortho nitro benzene ring substituents is 1. The molecular weight excluding hydrogens is 442 g/mol. The number of nitro benzene ring substituents is 1. The van der Waals surface area contributed by atoms with Crippen molar-refractivity contribution in [1.82, 2.24) is 0 Å². The van der Waals surface area contributed by atoms with Gasteiger partial charge in [0.25, 0.3) is 5.69 Å². The molecule has 0 atom stereocenters. The molecule has 9 heteroatoms. The molecule has 3 aromatic carbocycles. The molecule has 0 aromatic heterocycles. The third kappa shape index (κ3) is 6.47. The van der Waals surface area contributed by atoms with E-state index in [4.69, 9.17) is 11.6 Å². The minimum Gasteiger partial charge on any atom is -0.363 e. The van der Waals surface area contributed by atoms with E-state index in [2.05, 4.69) is 27.0 Å². The molecule has 0 heterocycles. The second kappa shape index (κ2) is 11.0. The second-order valence-electron chi connectivity index (χ2n) is 7.13. The molecule has 1 amide bonds. The number of hydrogen-bond donors (Lipinski definition) is 1. The number of carbonyl (C=O) groups excluding carboxylic acids is 1. The van der Waals surface area contributed by atoms with Crippen LogP contribution in [0.15, 0.2) is 89.6 Å². The highest BCUT2D eigenvalue weighted by Crippen LogP contribution is 2.34. The molecule has 0 aliphatic heterocycles. The number of hydrogen-bond acceptors (Lipinski definition) is 6. The van der Waals surface area contributed by atoms with E-state index in [-0.39, 0.29) is 22.3 Å². The van der Waals surface area contributed by atoms with Gasteiger partial charge in [-0.15, -0.1) is 16.8 Å². The van der Waals surface area contributed by atoms with E-state index in [9.17, 15) is 14.9 Å². The summed E-state index contributed by atoms with van der Waals surface area (Å²) in [4.78, 5) is 24.3. The number of nitrogens with one attached hydrogen (secondary N) is 1. The zero-order valence-electron chi connectivity index (χ0n) is 17.9. The molecule has 0 radical (unpaired) electrons. The Morgan fingerprint density at radius 3 is 2.45 bits per heavy atom. The standard InChI is InChI=1S/C24H22ClN5O3/c1-3-13-29(16-18-7-5-4-6-8-18)19-9-12-23(24(15-19)26-17(2)31)28-27-22-11-10-20(30(32)33)14-21(22)25/h3-12,14-15H,1,13,16H2,2H3,(H,26,31). The lowest BCUT2D eigenvalue weighted by Gasteiger charge is -2.24. The normalized spacial score (nSPS) is 10.7. The lowest BCUT2D eigenvalue weighted by molar-refractivity contribution is -0.384. The molecule has 0 aliphatic carbocycles. The van der Waals surface area contributed by atoms with Gasteiger partial charge >= 0.3 is 0 Å². The molecular formula is C24H22ClN5O3. The van der Waals surface area contributed by atoms with Crippen molar-refractivity contribution < 1.29 is 9.72 Å². The molecule has 8 nitrogen and oxygen atoms in total. The molecule has 3 aromatic rings. The molecule has 1 N–H and O–H groups in total. The van der Waals surface area contributed by atoms with Gasteiger partial charge in [-0.05, 0) is 29.8 Å². The second-order valence-corrected chi connectivity index (χ2v) is 7.54. The summed E-state index contributed by atoms with van der Waals surface area (Å²) in [7, 11) is 0. The van der Waals surface area contributed by atoms with Crippen molar-refractivity contribution in [3.05, 3.63) is 100 Å². The first-order chi connectivity index (χ1) is 15.9. The fourth-order valence-electron chi connectivity index (χ4n) is 3.12. The predicted octanol–water partition coefficient (Wildman–Crippen LogP) is 6.81. The minimum absolute atomic E-state index is 0.102. The topological polar surface area (TPSA) is 100 Å². The first-order valence-corrected chi connectivity index (χ1v) is 10.4. The highest BCUT2D eigenvalue weighted by atomic mass is 35.5. The van der Waals surface area contributed by atoms with Crippen molar-refractivity contribution >= 4 is 45.9 Å². The van der Waals surface area contributed by atoms with Gasteiger partial charge in [-0.3, -0.25) is 14.9 Å². The smallest absolute Gasteiger partial charge is 0.271 e. The van der Waals surface area contributed by atoms with Crippen LogP contribution in [0.3, 0.4) is 0 Å². The number of carbonyl (C=O) groups is 1. The average molecular weight is 464 g/mol. The first-order valence-electron chi connectivity index (χ1n) is 10.0. The van der Waals surface area contributed by atoms with Gasteiger partial charge in [0.1, 0.15) is 11.4 Å². The number of amides is 1. The maximum atomic E-state index is 11.8. The quantitative estimate of drug-likeness (QED) is 0.163. The molecule has 3 rings (SSSR count). The number of halogens is 1. The van der Waals surface area contributed by atoms with Crippen molar-refractivity contribution in [2.75, 3.05) is 16.8 Å². The summed E-state index contributed by atoms with van der Waals surface area (Å²) >= 11 is 6.10. The molecule has 0 aliphatic rings. The Morgan fingerprint density at radius 1 is 1.12 bits per heavy atom. The summed E-state index contributed by atoms with van der Waals surface area (Å²) in [6.07, 6.45) is 1.81. The number of anilines is 2. The maximum Gasteiger partial charge on any atom is 0.271 e. The minimum atomic E-state index is -0.537. The molecule has 0 bridgehead atoms. The van der Waals surface area contributed by atoms with Crippen LogP contribution in [0.4, 0.5) is 28.4 Å². The Hall–Kier alpha value is -4.04. The van der Waals surface area contributed by atoms with Gasteiger partial charge < -0.3 is 10.2 Å². The fourth-order valence-corrected chi connectivity index (χ4v) is 3.33. The van der Waals surface area contributed by atoms with Crippen molar-refractivity contribution in [3.63, 3.8) is 0 Å². The van der Waals surface area contributed by atoms with Gasteiger partial charge in [0, 0.05) is 37.8 Å². The van der Waals surface area contributed by atoms with Crippen LogP contribution < -0.4 is 10.2 Å². The maximum absolute atomic E-state index is 11.8. The molecule has 33 heavy (non-hydrogen) atoms. The summed E-state index contributed by atoms with van der Waals surface area (Å²) in [5.74, 6) is -0.254. The predicted molar refractivity (Wildman–Crippen MR) is 131 cm³/mol. The molecule has 0 saturated heterocycles. The van der Waals surface area contributed by atoms with Gasteiger partial charge in [-0.25, -0.2) is 0 Å². The Kier molecular flexibility index (Phi) is 7.88. The van der Waals surface area contributed by atoms with Gasteiger partial charge in [0.2, 0.25) is 5.91 Å². The van der Waals surface area contributed by atoms with Crippen LogP contribution in [0.25, 0.3) is 0 Å². The largest absolute Gasteiger partial charge is 0.363 e. The van der Waals surface area contributed by atoms with Crippen LogP contribution in [0.5, 0.6) is 0 Å². The number of benzene rings is 3. The Labute approximate surface area is 196 Å². The SMILES string of the molecule is C=CCN(Cc1ccccc1)c1ccc(N=Nc2ccc([N+](=O)[O-])cc2Cl)c(NC(C)=O)c1. The van der Waals surface area contributed by atoms with E-state index in [1.807, 2.05) is 48.5 Å². The molecule has 0 fully saturated rings. The monoisotopic (exact) mass is 463 g/mol. The first kappa shape index (κ1) is 23.6. The van der Waals surface area contributed by atoms with Gasteiger partial charge in [0.05, 0.1) is 15.6 Å². The fraction of sp³-hybridized carbons (Fsp3) is 0.125.